The monoisotopic (exact) mass is 270 g/mol. The first kappa shape index (κ1) is 13.6. The molecule has 1 aromatic rings. The maximum Gasteiger partial charge on any atom is 0.414 e. The van der Waals surface area contributed by atoms with Crippen LogP contribution < -0.4 is 10.2 Å². The fourth-order valence-electron chi connectivity index (χ4n) is 1.83. The lowest BCUT2D eigenvalue weighted by Gasteiger charge is -2.14. The Morgan fingerprint density at radius 1 is 1.47 bits per heavy atom. The minimum atomic E-state index is -0.602. The summed E-state index contributed by atoms with van der Waals surface area (Å²) in [6, 6.07) is 4.27. The number of cyclic esters (lactones) is 1. The molecule has 1 amide bonds. The Hall–Kier alpha value is -1.86. The molecule has 1 aliphatic rings. The van der Waals surface area contributed by atoms with E-state index in [-0.39, 0.29) is 32.0 Å². The average Bonchev–Trinajstić information content (AvgIpc) is 2.78. The van der Waals surface area contributed by atoms with Crippen LogP contribution in [0.15, 0.2) is 18.2 Å². The van der Waals surface area contributed by atoms with Gasteiger partial charge in [-0.25, -0.2) is 9.18 Å². The molecule has 1 fully saturated rings. The molecule has 2 rings (SSSR count). The van der Waals surface area contributed by atoms with Gasteiger partial charge < -0.3 is 20.3 Å². The topological polar surface area (TPSA) is 82.0 Å². The smallest absolute Gasteiger partial charge is 0.414 e. The van der Waals surface area contributed by atoms with Gasteiger partial charge in [-0.05, 0) is 18.2 Å². The summed E-state index contributed by atoms with van der Waals surface area (Å²) in [5.41, 5.74) is 0.622. The maximum absolute atomic E-state index is 13.8. The summed E-state index contributed by atoms with van der Waals surface area (Å²) in [5.74, 6) is -0.522. The molecule has 1 aromatic carbocycles. The lowest BCUT2D eigenvalue weighted by molar-refractivity contribution is 0.0963. The third-order valence-electron chi connectivity index (χ3n) is 2.77. The molecule has 0 aromatic heterocycles. The van der Waals surface area contributed by atoms with Crippen molar-refractivity contribution in [2.45, 2.75) is 6.10 Å². The van der Waals surface area contributed by atoms with Crippen molar-refractivity contribution in [3.05, 3.63) is 24.0 Å². The minimum Gasteiger partial charge on any atom is -0.441 e. The van der Waals surface area contributed by atoms with Gasteiger partial charge >= 0.3 is 6.09 Å². The number of hydrogen-bond acceptors (Lipinski definition) is 5. The van der Waals surface area contributed by atoms with Crippen molar-refractivity contribution in [1.82, 2.24) is 0 Å². The third-order valence-corrected chi connectivity index (χ3v) is 2.77. The lowest BCUT2D eigenvalue weighted by atomic mass is 10.2. The van der Waals surface area contributed by atoms with Crippen molar-refractivity contribution in [1.29, 1.82) is 0 Å². The molecular formula is C12H15FN2O4. The molecule has 0 unspecified atom stereocenters. The number of rotatable bonds is 5. The Bertz CT molecular complexity index is 469. The second kappa shape index (κ2) is 5.85. The second-order valence-corrected chi connectivity index (χ2v) is 4.11. The summed E-state index contributed by atoms with van der Waals surface area (Å²) >= 11 is 0. The van der Waals surface area contributed by atoms with Crippen LogP contribution in [0.2, 0.25) is 0 Å². The van der Waals surface area contributed by atoms with Crippen molar-refractivity contribution in [2.75, 3.05) is 36.5 Å². The number of carbonyl (C=O) groups excluding carboxylic acids is 1. The van der Waals surface area contributed by atoms with Gasteiger partial charge in [-0.15, -0.1) is 0 Å². The zero-order valence-electron chi connectivity index (χ0n) is 10.2. The number of halogens is 1. The van der Waals surface area contributed by atoms with E-state index in [2.05, 4.69) is 5.32 Å². The van der Waals surface area contributed by atoms with Crippen LogP contribution in [-0.4, -0.2) is 48.7 Å². The van der Waals surface area contributed by atoms with Gasteiger partial charge in [-0.2, -0.15) is 0 Å². The van der Waals surface area contributed by atoms with E-state index in [1.54, 1.807) is 6.07 Å². The van der Waals surface area contributed by atoms with Crippen LogP contribution in [0.3, 0.4) is 0 Å². The standard InChI is InChI=1S/C12H15FN2O4/c13-10-5-8(1-2-11(10)14-3-4-16)15-6-9(7-17)19-12(15)18/h1-2,5,9,14,16-17H,3-4,6-7H2/t9-/m1/s1. The zero-order valence-corrected chi connectivity index (χ0v) is 10.2. The van der Waals surface area contributed by atoms with E-state index >= 15 is 0 Å². The summed E-state index contributed by atoms with van der Waals surface area (Å²) < 4.78 is 18.6. The van der Waals surface area contributed by atoms with E-state index in [9.17, 15) is 9.18 Å². The number of aliphatic hydroxyl groups is 2. The number of nitrogens with zero attached hydrogens (tertiary/aromatic N) is 1. The Kier molecular flexibility index (Phi) is 4.18. The maximum atomic E-state index is 13.8. The summed E-state index contributed by atoms with van der Waals surface area (Å²) in [4.78, 5) is 12.8. The van der Waals surface area contributed by atoms with Gasteiger partial charge in [0.1, 0.15) is 11.9 Å². The largest absolute Gasteiger partial charge is 0.441 e. The van der Waals surface area contributed by atoms with Crippen LogP contribution in [0, 0.1) is 5.82 Å². The zero-order chi connectivity index (χ0) is 13.8. The molecule has 1 aliphatic heterocycles. The van der Waals surface area contributed by atoms with Gasteiger partial charge in [0.15, 0.2) is 0 Å². The number of hydrogen-bond donors (Lipinski definition) is 3. The molecule has 6 nitrogen and oxygen atoms in total. The van der Waals surface area contributed by atoms with E-state index in [1.165, 1.54) is 17.0 Å². The van der Waals surface area contributed by atoms with Crippen molar-refractivity contribution in [3.8, 4) is 0 Å². The van der Waals surface area contributed by atoms with Gasteiger partial charge in [0.2, 0.25) is 0 Å². The highest BCUT2D eigenvalue weighted by molar-refractivity contribution is 5.90. The summed E-state index contributed by atoms with van der Waals surface area (Å²) in [6.45, 7) is 0.0749. The molecule has 0 radical (unpaired) electrons. The van der Waals surface area contributed by atoms with Gasteiger partial charge in [0, 0.05) is 6.54 Å². The number of benzene rings is 1. The molecule has 104 valence electrons. The van der Waals surface area contributed by atoms with E-state index in [1.807, 2.05) is 0 Å². The van der Waals surface area contributed by atoms with E-state index in [4.69, 9.17) is 14.9 Å². The van der Waals surface area contributed by atoms with Gasteiger partial charge in [-0.1, -0.05) is 0 Å². The Morgan fingerprint density at radius 3 is 2.84 bits per heavy atom. The molecule has 3 N–H and O–H groups in total. The molecule has 1 saturated heterocycles. The SMILES string of the molecule is O=C1O[C@@H](CO)CN1c1ccc(NCCO)c(F)c1. The van der Waals surface area contributed by atoms with Crippen LogP contribution in [0.5, 0.6) is 0 Å². The molecule has 7 heteroatoms. The third kappa shape index (κ3) is 2.94. The number of ether oxygens (including phenoxy) is 1. The molecular weight excluding hydrogens is 255 g/mol. The van der Waals surface area contributed by atoms with Crippen molar-refractivity contribution < 1.29 is 24.1 Å². The fraction of sp³-hybridized carbons (Fsp3) is 0.417. The van der Waals surface area contributed by atoms with Crippen LogP contribution >= 0.6 is 0 Å². The number of nitrogens with one attached hydrogen (secondary N) is 1. The highest BCUT2D eigenvalue weighted by Crippen LogP contribution is 2.25. The number of amides is 1. The molecule has 1 atom stereocenters. The highest BCUT2D eigenvalue weighted by atomic mass is 19.1. The van der Waals surface area contributed by atoms with Crippen LogP contribution in [0.1, 0.15) is 0 Å². The Labute approximate surface area is 109 Å². The van der Waals surface area contributed by atoms with Gasteiger partial charge in [-0.3, -0.25) is 4.90 Å². The summed E-state index contributed by atoms with van der Waals surface area (Å²) in [7, 11) is 0. The number of carbonyl (C=O) groups is 1. The quantitative estimate of drug-likeness (QED) is 0.728. The minimum absolute atomic E-state index is 0.0994. The Morgan fingerprint density at radius 2 is 2.26 bits per heavy atom. The Balaban J connectivity index is 2.13. The van der Waals surface area contributed by atoms with Crippen LogP contribution in [0.4, 0.5) is 20.6 Å². The van der Waals surface area contributed by atoms with Crippen molar-refractivity contribution >= 4 is 17.5 Å². The molecule has 0 aliphatic carbocycles. The molecule has 0 bridgehead atoms. The van der Waals surface area contributed by atoms with Crippen molar-refractivity contribution in [3.63, 3.8) is 0 Å². The van der Waals surface area contributed by atoms with Gasteiger partial charge in [0.25, 0.3) is 0 Å². The van der Waals surface area contributed by atoms with Crippen LogP contribution in [0.25, 0.3) is 0 Å². The lowest BCUT2D eigenvalue weighted by Crippen LogP contribution is -2.25. The van der Waals surface area contributed by atoms with Crippen LogP contribution in [-0.2, 0) is 4.74 Å². The first-order valence-electron chi connectivity index (χ1n) is 5.89. The molecule has 0 spiro atoms. The average molecular weight is 270 g/mol. The number of anilines is 2. The number of aliphatic hydroxyl groups excluding tert-OH is 2. The second-order valence-electron chi connectivity index (χ2n) is 4.11. The highest BCUT2D eigenvalue weighted by Gasteiger charge is 2.32. The molecule has 1 heterocycles. The van der Waals surface area contributed by atoms with E-state index in [0.29, 0.717) is 5.69 Å². The van der Waals surface area contributed by atoms with Gasteiger partial charge in [0.05, 0.1) is 31.1 Å². The van der Waals surface area contributed by atoms with Crippen molar-refractivity contribution in [2.24, 2.45) is 0 Å². The summed E-state index contributed by atoms with van der Waals surface area (Å²) in [6.07, 6.45) is -1.18. The normalized spacial score (nSPS) is 18.6. The molecule has 19 heavy (non-hydrogen) atoms. The predicted molar refractivity (Wildman–Crippen MR) is 66.7 cm³/mol. The fourth-order valence-corrected chi connectivity index (χ4v) is 1.83. The predicted octanol–water partition coefficient (Wildman–Crippen LogP) is 0.547. The summed E-state index contributed by atoms with van der Waals surface area (Å²) in [5, 5.41) is 20.3. The molecule has 0 saturated carbocycles. The first-order chi connectivity index (χ1) is 9.15. The first-order valence-corrected chi connectivity index (χ1v) is 5.89. The van der Waals surface area contributed by atoms with E-state index < -0.39 is 18.0 Å². The van der Waals surface area contributed by atoms with E-state index in [0.717, 1.165) is 0 Å².